The van der Waals surface area contributed by atoms with Gasteiger partial charge in [0.2, 0.25) is 0 Å². The van der Waals surface area contributed by atoms with Crippen molar-refractivity contribution in [3.63, 3.8) is 0 Å². The zero-order chi connectivity index (χ0) is 10.7. The third-order valence-electron chi connectivity index (χ3n) is 3.15. The molecule has 16 heavy (non-hydrogen) atoms. The maximum absolute atomic E-state index is 5.98. The molecule has 1 fully saturated rings. The lowest BCUT2D eigenvalue weighted by Crippen LogP contribution is -2.43. The molecule has 0 amide bonds. The van der Waals surface area contributed by atoms with Crippen LogP contribution in [0.25, 0.3) is 0 Å². The minimum Gasteiger partial charge on any atom is -0.327 e. The molecule has 2 atom stereocenters. The summed E-state index contributed by atoms with van der Waals surface area (Å²) in [6.45, 7) is 4.35. The molecule has 0 spiro atoms. The largest absolute Gasteiger partial charge is 0.327 e. The number of hydrogen-bond acceptors (Lipinski definition) is 3. The van der Waals surface area contributed by atoms with E-state index in [-0.39, 0.29) is 12.4 Å². The summed E-state index contributed by atoms with van der Waals surface area (Å²) in [7, 11) is 0. The Balaban J connectivity index is 0.00000128. The van der Waals surface area contributed by atoms with E-state index in [1.807, 2.05) is 18.3 Å². The van der Waals surface area contributed by atoms with Crippen LogP contribution in [0.1, 0.15) is 31.5 Å². The van der Waals surface area contributed by atoms with Crippen LogP contribution >= 0.6 is 12.4 Å². The Morgan fingerprint density at radius 2 is 2.31 bits per heavy atom. The molecule has 1 aromatic rings. The smallest absolute Gasteiger partial charge is 0.0572 e. The summed E-state index contributed by atoms with van der Waals surface area (Å²) < 4.78 is 0. The number of hydrogen-bond donors (Lipinski definition) is 1. The van der Waals surface area contributed by atoms with Crippen molar-refractivity contribution < 1.29 is 0 Å². The average Bonchev–Trinajstić information content (AvgIpc) is 2.29. The Morgan fingerprint density at radius 1 is 1.50 bits per heavy atom. The highest BCUT2D eigenvalue weighted by Gasteiger charge is 2.22. The fourth-order valence-electron chi connectivity index (χ4n) is 2.20. The van der Waals surface area contributed by atoms with Gasteiger partial charge in [-0.1, -0.05) is 6.07 Å². The molecule has 90 valence electrons. The molecule has 1 aromatic heterocycles. The maximum Gasteiger partial charge on any atom is 0.0572 e. The first kappa shape index (κ1) is 13.4. The van der Waals surface area contributed by atoms with E-state index in [0.29, 0.717) is 12.1 Å². The molecule has 4 heteroatoms. The first-order valence-corrected chi connectivity index (χ1v) is 5.68. The van der Waals surface area contributed by atoms with Crippen molar-refractivity contribution in [2.45, 2.75) is 31.8 Å². The van der Waals surface area contributed by atoms with E-state index in [0.717, 1.165) is 25.2 Å². The standard InChI is InChI=1S/C12H19N3.ClH/c1-10(12-6-2-3-7-14-12)15-8-4-5-11(13)9-15;/h2-3,6-7,10-11H,4-5,8-9,13H2,1H3;1H. The summed E-state index contributed by atoms with van der Waals surface area (Å²) in [6, 6.07) is 6.81. The topological polar surface area (TPSA) is 42.2 Å². The maximum atomic E-state index is 5.98. The van der Waals surface area contributed by atoms with Gasteiger partial charge in [-0.3, -0.25) is 9.88 Å². The third-order valence-corrected chi connectivity index (χ3v) is 3.15. The normalized spacial score (nSPS) is 23.5. The van der Waals surface area contributed by atoms with Crippen LogP contribution in [0, 0.1) is 0 Å². The van der Waals surface area contributed by atoms with Crippen molar-refractivity contribution in [2.24, 2.45) is 5.73 Å². The Bertz CT molecular complexity index is 304. The van der Waals surface area contributed by atoms with Crippen molar-refractivity contribution in [2.75, 3.05) is 13.1 Å². The summed E-state index contributed by atoms with van der Waals surface area (Å²) in [4.78, 5) is 6.82. The number of piperidine rings is 1. The second-order valence-corrected chi connectivity index (χ2v) is 4.33. The monoisotopic (exact) mass is 241 g/mol. The Kier molecular flexibility index (Phi) is 5.19. The van der Waals surface area contributed by atoms with Crippen LogP contribution in [-0.2, 0) is 0 Å². The number of aromatic nitrogens is 1. The second kappa shape index (κ2) is 6.18. The van der Waals surface area contributed by atoms with Crippen LogP contribution in [0.5, 0.6) is 0 Å². The Labute approximate surface area is 103 Å². The highest BCUT2D eigenvalue weighted by molar-refractivity contribution is 5.85. The SMILES string of the molecule is CC(c1ccccn1)N1CCCC(N)C1.Cl. The number of likely N-dealkylation sites (tertiary alicyclic amines) is 1. The summed E-state index contributed by atoms with van der Waals surface area (Å²) in [6.07, 6.45) is 4.22. The van der Waals surface area contributed by atoms with E-state index in [1.165, 1.54) is 6.42 Å². The number of nitrogens with zero attached hydrogens (tertiary/aromatic N) is 2. The highest BCUT2D eigenvalue weighted by Crippen LogP contribution is 2.21. The van der Waals surface area contributed by atoms with Gasteiger partial charge in [0.15, 0.2) is 0 Å². The molecule has 1 aliphatic rings. The highest BCUT2D eigenvalue weighted by atomic mass is 35.5. The van der Waals surface area contributed by atoms with Gasteiger partial charge in [0.05, 0.1) is 5.69 Å². The molecule has 3 nitrogen and oxygen atoms in total. The molecule has 1 saturated heterocycles. The summed E-state index contributed by atoms with van der Waals surface area (Å²) in [5.74, 6) is 0. The molecule has 1 aliphatic heterocycles. The number of halogens is 1. The van der Waals surface area contributed by atoms with Crippen LogP contribution < -0.4 is 5.73 Å². The quantitative estimate of drug-likeness (QED) is 0.861. The molecular formula is C12H20ClN3. The molecular weight excluding hydrogens is 222 g/mol. The minimum absolute atomic E-state index is 0. The molecule has 0 aromatic carbocycles. The fourth-order valence-corrected chi connectivity index (χ4v) is 2.20. The zero-order valence-corrected chi connectivity index (χ0v) is 10.5. The molecule has 2 N–H and O–H groups in total. The zero-order valence-electron chi connectivity index (χ0n) is 9.67. The van der Waals surface area contributed by atoms with Gasteiger partial charge in [-0.05, 0) is 38.4 Å². The molecule has 0 radical (unpaired) electrons. The van der Waals surface area contributed by atoms with E-state index in [2.05, 4.69) is 22.9 Å². The van der Waals surface area contributed by atoms with E-state index in [1.54, 1.807) is 0 Å². The lowest BCUT2D eigenvalue weighted by Gasteiger charge is -2.35. The molecule has 0 aliphatic carbocycles. The Morgan fingerprint density at radius 3 is 2.94 bits per heavy atom. The first-order valence-electron chi connectivity index (χ1n) is 5.68. The van der Waals surface area contributed by atoms with E-state index >= 15 is 0 Å². The summed E-state index contributed by atoms with van der Waals surface area (Å²) in [5.41, 5.74) is 7.12. The van der Waals surface area contributed by atoms with Crippen molar-refractivity contribution in [1.82, 2.24) is 9.88 Å². The van der Waals surface area contributed by atoms with Gasteiger partial charge in [0, 0.05) is 24.8 Å². The molecule has 2 heterocycles. The molecule has 2 rings (SSSR count). The van der Waals surface area contributed by atoms with Gasteiger partial charge in [0.25, 0.3) is 0 Å². The van der Waals surface area contributed by atoms with E-state index < -0.39 is 0 Å². The third kappa shape index (κ3) is 3.17. The number of nitrogens with two attached hydrogens (primary N) is 1. The predicted molar refractivity (Wildman–Crippen MR) is 68.7 cm³/mol. The van der Waals surface area contributed by atoms with Crippen LogP contribution in [0.15, 0.2) is 24.4 Å². The van der Waals surface area contributed by atoms with Crippen molar-refractivity contribution in [1.29, 1.82) is 0 Å². The number of pyridine rings is 1. The van der Waals surface area contributed by atoms with Gasteiger partial charge in [-0.15, -0.1) is 12.4 Å². The van der Waals surface area contributed by atoms with Gasteiger partial charge in [-0.25, -0.2) is 0 Å². The van der Waals surface area contributed by atoms with Crippen LogP contribution in [-0.4, -0.2) is 29.0 Å². The first-order chi connectivity index (χ1) is 7.27. The van der Waals surface area contributed by atoms with Gasteiger partial charge < -0.3 is 5.73 Å². The summed E-state index contributed by atoms with van der Waals surface area (Å²) in [5, 5.41) is 0. The fraction of sp³-hybridized carbons (Fsp3) is 0.583. The lowest BCUT2D eigenvalue weighted by molar-refractivity contribution is 0.157. The minimum atomic E-state index is 0. The predicted octanol–water partition coefficient (Wildman–Crippen LogP) is 1.99. The molecule has 2 unspecified atom stereocenters. The molecule has 0 saturated carbocycles. The van der Waals surface area contributed by atoms with Crippen LogP contribution in [0.2, 0.25) is 0 Å². The second-order valence-electron chi connectivity index (χ2n) is 4.33. The van der Waals surface area contributed by atoms with Gasteiger partial charge >= 0.3 is 0 Å². The van der Waals surface area contributed by atoms with Gasteiger partial charge in [-0.2, -0.15) is 0 Å². The van der Waals surface area contributed by atoms with E-state index in [4.69, 9.17) is 5.73 Å². The van der Waals surface area contributed by atoms with Crippen LogP contribution in [0.4, 0.5) is 0 Å². The average molecular weight is 242 g/mol. The van der Waals surface area contributed by atoms with Crippen LogP contribution in [0.3, 0.4) is 0 Å². The van der Waals surface area contributed by atoms with Crippen molar-refractivity contribution in [3.8, 4) is 0 Å². The molecule has 0 bridgehead atoms. The lowest BCUT2D eigenvalue weighted by atomic mass is 10.0. The van der Waals surface area contributed by atoms with Crippen molar-refractivity contribution in [3.05, 3.63) is 30.1 Å². The summed E-state index contributed by atoms with van der Waals surface area (Å²) >= 11 is 0. The van der Waals surface area contributed by atoms with Crippen molar-refractivity contribution >= 4 is 12.4 Å². The Hall–Kier alpha value is -0.640. The number of rotatable bonds is 2. The van der Waals surface area contributed by atoms with Gasteiger partial charge in [0.1, 0.15) is 0 Å². The van der Waals surface area contributed by atoms with E-state index in [9.17, 15) is 0 Å².